The number of hydrogen-bond donors (Lipinski definition) is 2. The summed E-state index contributed by atoms with van der Waals surface area (Å²) in [7, 11) is 0. The van der Waals surface area contributed by atoms with Crippen LogP contribution in [0.15, 0.2) is 17.5 Å². The molecule has 0 atom stereocenters. The van der Waals surface area contributed by atoms with Crippen molar-refractivity contribution in [2.45, 2.75) is 46.1 Å². The smallest absolute Gasteiger partial charge is 0.192 e. The Morgan fingerprint density at radius 1 is 1.37 bits per heavy atom. The highest BCUT2D eigenvalue weighted by atomic mass is 16.4. The summed E-state index contributed by atoms with van der Waals surface area (Å²) < 4.78 is 0. The zero-order chi connectivity index (χ0) is 14.3. The van der Waals surface area contributed by atoms with Gasteiger partial charge in [0.05, 0.1) is 0 Å². The van der Waals surface area contributed by atoms with Crippen LogP contribution < -0.4 is 10.6 Å². The van der Waals surface area contributed by atoms with Crippen LogP contribution in [0.1, 0.15) is 45.7 Å². The Balaban J connectivity index is 3.02. The van der Waals surface area contributed by atoms with Crippen LogP contribution in [0.4, 0.5) is 5.82 Å². The Kier molecular flexibility index (Phi) is 6.05. The van der Waals surface area contributed by atoms with Crippen molar-refractivity contribution in [1.82, 2.24) is 9.97 Å². The molecule has 0 aliphatic rings. The zero-order valence-corrected chi connectivity index (χ0v) is 11.9. The normalized spacial score (nSPS) is 11.9. The lowest BCUT2D eigenvalue weighted by molar-refractivity contribution is 0.318. The molecule has 0 unspecified atom stereocenters. The predicted molar refractivity (Wildman–Crippen MR) is 76.5 cm³/mol. The number of anilines is 1. The second-order valence-corrected chi connectivity index (χ2v) is 4.71. The third kappa shape index (κ3) is 4.08. The maximum Gasteiger partial charge on any atom is 0.192 e. The molecular formula is C13H23N5O. The van der Waals surface area contributed by atoms with Gasteiger partial charge in [-0.3, -0.25) is 0 Å². The quantitative estimate of drug-likeness (QED) is 0.259. The molecule has 19 heavy (non-hydrogen) atoms. The molecule has 106 valence electrons. The summed E-state index contributed by atoms with van der Waals surface area (Å²) in [5.74, 6) is 0.660. The molecule has 1 heterocycles. The van der Waals surface area contributed by atoms with Crippen molar-refractivity contribution in [1.29, 1.82) is 0 Å². The maximum atomic E-state index is 8.82. The SMILES string of the molecule is CCCCCN(c1nccnc1C(N)=NO)C(C)C. The van der Waals surface area contributed by atoms with Gasteiger partial charge in [-0.2, -0.15) is 0 Å². The van der Waals surface area contributed by atoms with Gasteiger partial charge in [0.25, 0.3) is 0 Å². The van der Waals surface area contributed by atoms with Gasteiger partial charge in [-0.05, 0) is 20.3 Å². The fourth-order valence-corrected chi connectivity index (χ4v) is 1.91. The maximum absolute atomic E-state index is 8.82. The van der Waals surface area contributed by atoms with Crippen molar-refractivity contribution in [3.05, 3.63) is 18.1 Å². The summed E-state index contributed by atoms with van der Waals surface area (Å²) in [5, 5.41) is 11.8. The van der Waals surface area contributed by atoms with E-state index in [0.717, 1.165) is 13.0 Å². The molecule has 0 spiro atoms. The van der Waals surface area contributed by atoms with E-state index >= 15 is 0 Å². The van der Waals surface area contributed by atoms with E-state index in [9.17, 15) is 0 Å². The number of amidine groups is 1. The Morgan fingerprint density at radius 2 is 2.05 bits per heavy atom. The molecule has 6 nitrogen and oxygen atoms in total. The van der Waals surface area contributed by atoms with Gasteiger partial charge >= 0.3 is 0 Å². The first-order chi connectivity index (χ1) is 9.11. The summed E-state index contributed by atoms with van der Waals surface area (Å²) in [6, 6.07) is 0.277. The molecule has 0 fully saturated rings. The van der Waals surface area contributed by atoms with E-state index in [0.29, 0.717) is 11.5 Å². The van der Waals surface area contributed by atoms with Gasteiger partial charge in [0.15, 0.2) is 17.3 Å². The van der Waals surface area contributed by atoms with E-state index in [1.54, 1.807) is 12.4 Å². The molecule has 0 aromatic carbocycles. The van der Waals surface area contributed by atoms with Crippen LogP contribution in [0, 0.1) is 0 Å². The minimum Gasteiger partial charge on any atom is -0.409 e. The van der Waals surface area contributed by atoms with Crippen LogP contribution in [-0.2, 0) is 0 Å². The second-order valence-electron chi connectivity index (χ2n) is 4.71. The highest BCUT2D eigenvalue weighted by Gasteiger charge is 2.18. The highest BCUT2D eigenvalue weighted by molar-refractivity contribution is 5.99. The lowest BCUT2D eigenvalue weighted by Gasteiger charge is -2.28. The van der Waals surface area contributed by atoms with Gasteiger partial charge in [0, 0.05) is 25.0 Å². The molecule has 0 radical (unpaired) electrons. The Labute approximate surface area is 114 Å². The standard InChI is InChI=1S/C13H23N5O/c1-4-5-6-9-18(10(2)3)13-11(12(14)17-19)15-7-8-16-13/h7-8,10,19H,4-6,9H2,1-3H3,(H2,14,17). The van der Waals surface area contributed by atoms with Gasteiger partial charge in [-0.25, -0.2) is 9.97 Å². The average Bonchev–Trinajstić information content (AvgIpc) is 2.42. The molecular weight excluding hydrogens is 242 g/mol. The third-order valence-corrected chi connectivity index (χ3v) is 2.93. The fourth-order valence-electron chi connectivity index (χ4n) is 1.91. The fraction of sp³-hybridized carbons (Fsp3) is 0.615. The highest BCUT2D eigenvalue weighted by Crippen LogP contribution is 2.18. The molecule has 0 aliphatic carbocycles. The van der Waals surface area contributed by atoms with Crippen molar-refractivity contribution in [2.24, 2.45) is 10.9 Å². The lowest BCUT2D eigenvalue weighted by Crippen LogP contribution is -2.35. The molecule has 0 bridgehead atoms. The largest absolute Gasteiger partial charge is 0.409 e. The number of nitrogens with zero attached hydrogens (tertiary/aromatic N) is 4. The molecule has 1 aromatic heterocycles. The summed E-state index contributed by atoms with van der Waals surface area (Å²) in [4.78, 5) is 10.6. The number of rotatable bonds is 7. The van der Waals surface area contributed by atoms with Crippen molar-refractivity contribution >= 4 is 11.7 Å². The van der Waals surface area contributed by atoms with Crippen LogP contribution in [0.2, 0.25) is 0 Å². The van der Waals surface area contributed by atoms with E-state index in [-0.39, 0.29) is 11.9 Å². The summed E-state index contributed by atoms with van der Waals surface area (Å²) in [6.45, 7) is 7.24. The number of oxime groups is 1. The molecule has 0 amide bonds. The van der Waals surface area contributed by atoms with Gasteiger partial charge in [0.2, 0.25) is 0 Å². The molecule has 0 saturated heterocycles. The first-order valence-electron chi connectivity index (χ1n) is 6.67. The number of hydrogen-bond acceptors (Lipinski definition) is 5. The Bertz CT molecular complexity index is 419. The molecule has 0 saturated carbocycles. The monoisotopic (exact) mass is 265 g/mol. The second kappa shape index (κ2) is 7.56. The Morgan fingerprint density at radius 3 is 2.63 bits per heavy atom. The topological polar surface area (TPSA) is 87.6 Å². The van der Waals surface area contributed by atoms with Crippen LogP contribution in [0.25, 0.3) is 0 Å². The summed E-state index contributed by atoms with van der Waals surface area (Å²) >= 11 is 0. The number of aromatic nitrogens is 2. The first kappa shape index (κ1) is 15.2. The van der Waals surface area contributed by atoms with Gasteiger partial charge in [-0.1, -0.05) is 24.9 Å². The van der Waals surface area contributed by atoms with Crippen LogP contribution in [0.5, 0.6) is 0 Å². The van der Waals surface area contributed by atoms with E-state index in [2.05, 4.69) is 40.8 Å². The van der Waals surface area contributed by atoms with Crippen molar-refractivity contribution in [3.8, 4) is 0 Å². The minimum atomic E-state index is -0.00996. The van der Waals surface area contributed by atoms with E-state index in [1.807, 2.05) is 0 Å². The van der Waals surface area contributed by atoms with Gasteiger partial charge in [0.1, 0.15) is 0 Å². The molecule has 0 aliphatic heterocycles. The van der Waals surface area contributed by atoms with E-state index in [4.69, 9.17) is 10.9 Å². The van der Waals surface area contributed by atoms with Crippen molar-refractivity contribution in [2.75, 3.05) is 11.4 Å². The number of nitrogens with two attached hydrogens (primary N) is 1. The lowest BCUT2D eigenvalue weighted by atomic mass is 10.2. The van der Waals surface area contributed by atoms with Crippen LogP contribution in [-0.4, -0.2) is 33.6 Å². The molecule has 3 N–H and O–H groups in total. The van der Waals surface area contributed by atoms with Crippen LogP contribution >= 0.6 is 0 Å². The van der Waals surface area contributed by atoms with E-state index < -0.39 is 0 Å². The van der Waals surface area contributed by atoms with Crippen molar-refractivity contribution in [3.63, 3.8) is 0 Å². The molecule has 1 rings (SSSR count). The molecule has 6 heteroatoms. The van der Waals surface area contributed by atoms with Crippen LogP contribution in [0.3, 0.4) is 0 Å². The Hall–Kier alpha value is -1.85. The third-order valence-electron chi connectivity index (χ3n) is 2.93. The van der Waals surface area contributed by atoms with Crippen molar-refractivity contribution < 1.29 is 5.21 Å². The van der Waals surface area contributed by atoms with Gasteiger partial charge < -0.3 is 15.8 Å². The first-order valence-corrected chi connectivity index (χ1v) is 6.67. The summed E-state index contributed by atoms with van der Waals surface area (Å²) in [5.41, 5.74) is 6.08. The zero-order valence-electron chi connectivity index (χ0n) is 11.9. The predicted octanol–water partition coefficient (Wildman–Crippen LogP) is 1.98. The minimum absolute atomic E-state index is 0.00996. The van der Waals surface area contributed by atoms with E-state index in [1.165, 1.54) is 12.8 Å². The van der Waals surface area contributed by atoms with Gasteiger partial charge in [-0.15, -0.1) is 0 Å². The number of unbranched alkanes of at least 4 members (excludes halogenated alkanes) is 2. The summed E-state index contributed by atoms with van der Waals surface area (Å²) in [6.07, 6.45) is 6.59. The molecule has 1 aromatic rings. The average molecular weight is 265 g/mol.